The first-order valence-corrected chi connectivity index (χ1v) is 12.8. The fourth-order valence-electron chi connectivity index (χ4n) is 4.59. The molecule has 0 bridgehead atoms. The molecule has 0 atom stereocenters. The number of sulfone groups is 1. The highest BCUT2D eigenvalue weighted by molar-refractivity contribution is 7.89. The molecule has 1 aromatic carbocycles. The van der Waals surface area contributed by atoms with Crippen LogP contribution in [0.1, 0.15) is 36.2 Å². The highest BCUT2D eigenvalue weighted by Gasteiger charge is 2.38. The normalized spacial score (nSPS) is 17.5. The molecule has 0 aliphatic carbocycles. The number of hydrogen-bond donors (Lipinski definition) is 1. The highest BCUT2D eigenvalue weighted by Crippen LogP contribution is 2.41. The van der Waals surface area contributed by atoms with Crippen molar-refractivity contribution in [2.24, 2.45) is 0 Å². The Morgan fingerprint density at radius 3 is 2.56 bits per heavy atom. The van der Waals surface area contributed by atoms with Crippen LogP contribution in [0.2, 0.25) is 0 Å². The molecule has 2 aliphatic heterocycles. The lowest BCUT2D eigenvalue weighted by atomic mass is 9.82. The lowest BCUT2D eigenvalue weighted by Crippen LogP contribution is -2.48. The smallest absolute Gasteiger partial charge is 0.161 e. The molecule has 7 nitrogen and oxygen atoms in total. The van der Waals surface area contributed by atoms with Crippen LogP contribution in [0, 0.1) is 0 Å². The van der Waals surface area contributed by atoms with Crippen LogP contribution in [0.3, 0.4) is 0 Å². The van der Waals surface area contributed by atoms with Gasteiger partial charge >= 0.3 is 0 Å². The fourth-order valence-corrected chi connectivity index (χ4v) is 5.93. The molecule has 8 heteroatoms. The first-order valence-electron chi connectivity index (χ1n) is 11.0. The van der Waals surface area contributed by atoms with E-state index in [1.54, 1.807) is 36.7 Å². The van der Waals surface area contributed by atoms with Crippen molar-refractivity contribution in [2.45, 2.75) is 42.8 Å². The minimum atomic E-state index is -3.41. The number of aromatic nitrogens is 3. The van der Waals surface area contributed by atoms with Gasteiger partial charge in [0.15, 0.2) is 15.7 Å². The molecule has 1 spiro atoms. The van der Waals surface area contributed by atoms with Crippen LogP contribution in [0.4, 0.5) is 0 Å². The maximum absolute atomic E-state index is 12.7. The summed E-state index contributed by atoms with van der Waals surface area (Å²) in [5.74, 6) is 1.17. The number of piperidine rings is 1. The summed E-state index contributed by atoms with van der Waals surface area (Å²) in [6.07, 6.45) is 7.12. The van der Waals surface area contributed by atoms with Crippen molar-refractivity contribution in [3.63, 3.8) is 0 Å². The van der Waals surface area contributed by atoms with Gasteiger partial charge in [-0.3, -0.25) is 4.98 Å². The second-order valence-electron chi connectivity index (χ2n) is 8.54. The number of benzene rings is 1. The number of fused-ring (bicyclic) bond motifs is 1. The van der Waals surface area contributed by atoms with Crippen LogP contribution < -0.4 is 10.1 Å². The minimum Gasteiger partial charge on any atom is -0.487 e. The second-order valence-corrected chi connectivity index (χ2v) is 10.6. The number of rotatable bonds is 5. The lowest BCUT2D eigenvalue weighted by molar-refractivity contribution is 0.0171. The number of nitrogens with zero attached hydrogens (tertiary/aromatic N) is 3. The molecule has 0 amide bonds. The van der Waals surface area contributed by atoms with E-state index < -0.39 is 9.84 Å². The fraction of sp³-hybridized carbons (Fsp3) is 0.375. The molecular weight excluding hydrogens is 424 g/mol. The van der Waals surface area contributed by atoms with E-state index in [1.807, 2.05) is 18.2 Å². The van der Waals surface area contributed by atoms with E-state index in [0.717, 1.165) is 55.6 Å². The standard InChI is InChI=1S/C24H26N4O3S/c29-32(30,16-18-4-1-2-12-26-18)17-19-8-13-27-23(28-19)21-5-3-6-22-20(21)7-9-24(31-22)10-14-25-15-11-24/h1-6,8,12-13,25H,7,9-11,14-17H2. The summed E-state index contributed by atoms with van der Waals surface area (Å²) in [6, 6.07) is 12.9. The largest absolute Gasteiger partial charge is 0.487 e. The van der Waals surface area contributed by atoms with Gasteiger partial charge in [-0.2, -0.15) is 0 Å². The molecule has 2 aromatic heterocycles. The Hall–Kier alpha value is -2.84. The van der Waals surface area contributed by atoms with Gasteiger partial charge in [-0.25, -0.2) is 18.4 Å². The molecule has 4 heterocycles. The van der Waals surface area contributed by atoms with Crippen molar-refractivity contribution >= 4 is 9.84 Å². The lowest BCUT2D eigenvalue weighted by Gasteiger charge is -2.42. The van der Waals surface area contributed by atoms with Gasteiger partial charge < -0.3 is 10.1 Å². The van der Waals surface area contributed by atoms with Crippen molar-refractivity contribution in [3.05, 3.63) is 71.8 Å². The van der Waals surface area contributed by atoms with E-state index in [0.29, 0.717) is 17.2 Å². The van der Waals surface area contributed by atoms with Gasteiger partial charge in [-0.15, -0.1) is 0 Å². The average molecular weight is 451 g/mol. The zero-order valence-corrected chi connectivity index (χ0v) is 18.6. The maximum Gasteiger partial charge on any atom is 0.161 e. The summed E-state index contributed by atoms with van der Waals surface area (Å²) in [7, 11) is -3.41. The Morgan fingerprint density at radius 2 is 1.75 bits per heavy atom. The first-order chi connectivity index (χ1) is 15.5. The van der Waals surface area contributed by atoms with Crippen LogP contribution in [-0.4, -0.2) is 42.1 Å². The Morgan fingerprint density at radius 1 is 0.906 bits per heavy atom. The van der Waals surface area contributed by atoms with Crippen molar-refractivity contribution in [1.82, 2.24) is 20.3 Å². The van der Waals surface area contributed by atoms with Gasteiger partial charge in [0, 0.05) is 23.5 Å². The van der Waals surface area contributed by atoms with E-state index in [2.05, 4.69) is 20.3 Å². The van der Waals surface area contributed by atoms with Crippen molar-refractivity contribution in [3.8, 4) is 17.1 Å². The van der Waals surface area contributed by atoms with Crippen LogP contribution >= 0.6 is 0 Å². The molecule has 2 aliphatic rings. The number of ether oxygens (including phenoxy) is 1. The van der Waals surface area contributed by atoms with Gasteiger partial charge in [-0.05, 0) is 63.0 Å². The second kappa shape index (κ2) is 8.60. The van der Waals surface area contributed by atoms with Gasteiger partial charge in [0.05, 0.1) is 22.9 Å². The van der Waals surface area contributed by atoms with Gasteiger partial charge in [0.2, 0.25) is 0 Å². The molecule has 0 radical (unpaired) electrons. The molecule has 1 saturated heterocycles. The number of hydrogen-bond acceptors (Lipinski definition) is 7. The summed E-state index contributed by atoms with van der Waals surface area (Å²) >= 11 is 0. The predicted molar refractivity (Wildman–Crippen MR) is 122 cm³/mol. The molecular formula is C24H26N4O3S. The van der Waals surface area contributed by atoms with Crippen molar-refractivity contribution in [1.29, 1.82) is 0 Å². The van der Waals surface area contributed by atoms with Gasteiger partial charge in [-0.1, -0.05) is 18.2 Å². The minimum absolute atomic E-state index is 0.0842. The van der Waals surface area contributed by atoms with Crippen LogP contribution in [-0.2, 0) is 27.8 Å². The third kappa shape index (κ3) is 4.52. The molecule has 1 fully saturated rings. The summed E-state index contributed by atoms with van der Waals surface area (Å²) < 4.78 is 31.9. The zero-order valence-electron chi connectivity index (χ0n) is 17.8. The molecule has 32 heavy (non-hydrogen) atoms. The van der Waals surface area contributed by atoms with E-state index in [4.69, 9.17) is 4.74 Å². The Labute approximate surface area is 188 Å². The summed E-state index contributed by atoms with van der Waals surface area (Å²) in [6.45, 7) is 1.96. The Bertz CT molecular complexity index is 1210. The summed E-state index contributed by atoms with van der Waals surface area (Å²) in [5, 5.41) is 3.40. The molecule has 0 saturated carbocycles. The first kappa shape index (κ1) is 21.0. The average Bonchev–Trinajstić information content (AvgIpc) is 2.79. The Kier molecular flexibility index (Phi) is 5.65. The summed E-state index contributed by atoms with van der Waals surface area (Å²) in [4.78, 5) is 13.2. The summed E-state index contributed by atoms with van der Waals surface area (Å²) in [5.41, 5.74) is 2.94. The zero-order chi connectivity index (χ0) is 22.0. The third-order valence-corrected chi connectivity index (χ3v) is 7.69. The maximum atomic E-state index is 12.7. The van der Waals surface area contributed by atoms with Crippen molar-refractivity contribution in [2.75, 3.05) is 13.1 Å². The molecule has 5 rings (SSSR count). The molecule has 166 valence electrons. The SMILES string of the molecule is O=S(=O)(Cc1ccccn1)Cc1ccnc(-c2cccc3c2CCC2(CCNCC2)O3)n1. The molecule has 3 aromatic rings. The predicted octanol–water partition coefficient (Wildman–Crippen LogP) is 3.10. The van der Waals surface area contributed by atoms with Crippen LogP contribution in [0.25, 0.3) is 11.4 Å². The van der Waals surface area contributed by atoms with E-state index in [1.165, 1.54) is 0 Å². The molecule has 0 unspecified atom stereocenters. The van der Waals surface area contributed by atoms with Crippen LogP contribution in [0.15, 0.2) is 54.9 Å². The van der Waals surface area contributed by atoms with Crippen LogP contribution in [0.5, 0.6) is 5.75 Å². The number of nitrogens with one attached hydrogen (secondary N) is 1. The van der Waals surface area contributed by atoms with Gasteiger partial charge in [0.25, 0.3) is 0 Å². The van der Waals surface area contributed by atoms with Gasteiger partial charge in [0.1, 0.15) is 11.4 Å². The quantitative estimate of drug-likeness (QED) is 0.638. The number of pyridine rings is 1. The topological polar surface area (TPSA) is 94.1 Å². The van der Waals surface area contributed by atoms with E-state index in [9.17, 15) is 8.42 Å². The third-order valence-electron chi connectivity index (χ3n) is 6.22. The Balaban J connectivity index is 1.39. The van der Waals surface area contributed by atoms with E-state index in [-0.39, 0.29) is 17.1 Å². The highest BCUT2D eigenvalue weighted by atomic mass is 32.2. The van der Waals surface area contributed by atoms with E-state index >= 15 is 0 Å². The molecule has 1 N–H and O–H groups in total. The van der Waals surface area contributed by atoms with Crippen molar-refractivity contribution < 1.29 is 13.2 Å². The monoisotopic (exact) mass is 450 g/mol.